The molecule has 2 atom stereocenters. The first-order valence-corrected chi connectivity index (χ1v) is 8.39. The minimum Gasteiger partial charge on any atom is -0.356 e. The van der Waals surface area contributed by atoms with Crippen molar-refractivity contribution in [1.29, 1.82) is 0 Å². The average molecular weight is 282 g/mol. The van der Waals surface area contributed by atoms with Crippen LogP contribution in [0.1, 0.15) is 52.9 Å². The molecule has 0 bridgehead atoms. The highest BCUT2D eigenvalue weighted by Crippen LogP contribution is 2.14. The Bertz CT molecular complexity index is 278. The summed E-state index contributed by atoms with van der Waals surface area (Å²) in [6, 6.07) is 0.503. The van der Waals surface area contributed by atoms with Gasteiger partial charge in [0, 0.05) is 26.2 Å². The maximum atomic E-state index is 4.34. The van der Waals surface area contributed by atoms with Crippen molar-refractivity contribution in [3.05, 3.63) is 0 Å². The van der Waals surface area contributed by atoms with Crippen LogP contribution in [0.4, 0.5) is 0 Å². The third kappa shape index (κ3) is 6.60. The second kappa shape index (κ2) is 10.0. The number of unbranched alkanes of at least 4 members (excludes halogenated alkanes) is 2. The maximum absolute atomic E-state index is 4.34. The van der Waals surface area contributed by atoms with Crippen LogP contribution in [-0.2, 0) is 0 Å². The zero-order valence-electron chi connectivity index (χ0n) is 13.9. The highest BCUT2D eigenvalue weighted by Gasteiger charge is 2.21. The Morgan fingerprint density at radius 3 is 2.75 bits per heavy atom. The maximum Gasteiger partial charge on any atom is 0.191 e. The van der Waals surface area contributed by atoms with Crippen molar-refractivity contribution in [3.8, 4) is 0 Å². The molecule has 0 aromatic rings. The molecule has 20 heavy (non-hydrogen) atoms. The number of likely N-dealkylation sites (tertiary alicyclic amines) is 1. The number of hydrogen-bond acceptors (Lipinski definition) is 2. The van der Waals surface area contributed by atoms with Crippen molar-refractivity contribution in [1.82, 2.24) is 15.5 Å². The first kappa shape index (κ1) is 17.3. The normalized spacial score (nSPS) is 22.0. The fourth-order valence-corrected chi connectivity index (χ4v) is 2.81. The molecule has 1 saturated heterocycles. The summed E-state index contributed by atoms with van der Waals surface area (Å²) in [4.78, 5) is 6.86. The predicted octanol–water partition coefficient (Wildman–Crippen LogP) is 2.46. The monoisotopic (exact) mass is 282 g/mol. The minimum absolute atomic E-state index is 0.503. The quantitative estimate of drug-likeness (QED) is 0.408. The summed E-state index contributed by atoms with van der Waals surface area (Å²) in [6.45, 7) is 11.4. The van der Waals surface area contributed by atoms with Crippen LogP contribution in [0.5, 0.6) is 0 Å². The molecule has 2 N–H and O–H groups in total. The van der Waals surface area contributed by atoms with Crippen LogP contribution >= 0.6 is 0 Å². The number of nitrogens with one attached hydrogen (secondary N) is 2. The Hall–Kier alpha value is -0.770. The highest BCUT2D eigenvalue weighted by molar-refractivity contribution is 5.79. The van der Waals surface area contributed by atoms with Gasteiger partial charge in [-0.1, -0.05) is 33.1 Å². The summed E-state index contributed by atoms with van der Waals surface area (Å²) in [7, 11) is 1.86. The number of nitrogens with zero attached hydrogens (tertiary/aromatic N) is 2. The van der Waals surface area contributed by atoms with Crippen molar-refractivity contribution in [3.63, 3.8) is 0 Å². The molecule has 1 rings (SSSR count). The molecule has 4 heteroatoms. The van der Waals surface area contributed by atoms with Crippen molar-refractivity contribution >= 4 is 5.96 Å². The van der Waals surface area contributed by atoms with Gasteiger partial charge in [-0.2, -0.15) is 0 Å². The molecular weight excluding hydrogens is 248 g/mol. The molecule has 0 aromatic carbocycles. The molecular formula is C16H34N4. The summed E-state index contributed by atoms with van der Waals surface area (Å²) in [6.07, 6.45) is 6.45. The SMILES string of the molecule is CCCCCC(C)NC(=NC)NCC1CCN(CC)C1. The second-order valence-corrected chi connectivity index (χ2v) is 6.04. The van der Waals surface area contributed by atoms with Crippen LogP contribution in [0, 0.1) is 5.92 Å². The molecule has 1 aliphatic rings. The van der Waals surface area contributed by atoms with E-state index in [9.17, 15) is 0 Å². The molecule has 0 saturated carbocycles. The lowest BCUT2D eigenvalue weighted by Crippen LogP contribution is -2.44. The van der Waals surface area contributed by atoms with Crippen LogP contribution in [0.15, 0.2) is 4.99 Å². The Kier molecular flexibility index (Phi) is 8.67. The van der Waals surface area contributed by atoms with Crippen molar-refractivity contribution in [2.24, 2.45) is 10.9 Å². The van der Waals surface area contributed by atoms with Gasteiger partial charge in [-0.05, 0) is 38.8 Å². The minimum atomic E-state index is 0.503. The first-order chi connectivity index (χ1) is 9.69. The number of guanidine groups is 1. The molecule has 4 nitrogen and oxygen atoms in total. The van der Waals surface area contributed by atoms with Gasteiger partial charge in [0.2, 0.25) is 0 Å². The van der Waals surface area contributed by atoms with E-state index < -0.39 is 0 Å². The first-order valence-electron chi connectivity index (χ1n) is 8.39. The van der Waals surface area contributed by atoms with Gasteiger partial charge >= 0.3 is 0 Å². The van der Waals surface area contributed by atoms with Gasteiger partial charge in [0.1, 0.15) is 0 Å². The molecule has 0 amide bonds. The van der Waals surface area contributed by atoms with E-state index in [1.54, 1.807) is 0 Å². The molecule has 1 fully saturated rings. The van der Waals surface area contributed by atoms with E-state index in [2.05, 4.69) is 41.3 Å². The average Bonchev–Trinajstić information content (AvgIpc) is 2.91. The van der Waals surface area contributed by atoms with E-state index in [1.807, 2.05) is 7.05 Å². The van der Waals surface area contributed by atoms with Crippen LogP contribution in [0.3, 0.4) is 0 Å². The smallest absolute Gasteiger partial charge is 0.191 e. The lowest BCUT2D eigenvalue weighted by atomic mass is 10.1. The molecule has 1 heterocycles. The van der Waals surface area contributed by atoms with Gasteiger partial charge in [0.05, 0.1) is 0 Å². The second-order valence-electron chi connectivity index (χ2n) is 6.04. The zero-order chi connectivity index (χ0) is 14.8. The molecule has 1 aliphatic heterocycles. The molecule has 0 aromatic heterocycles. The van der Waals surface area contributed by atoms with E-state index in [0.29, 0.717) is 6.04 Å². The summed E-state index contributed by atoms with van der Waals surface area (Å²) >= 11 is 0. The highest BCUT2D eigenvalue weighted by atomic mass is 15.2. The standard InChI is InChI=1S/C16H34N4/c1-5-7-8-9-14(3)19-16(17-4)18-12-15-10-11-20(6-2)13-15/h14-15H,5-13H2,1-4H3,(H2,17,18,19). The van der Waals surface area contributed by atoms with E-state index in [4.69, 9.17) is 0 Å². The van der Waals surface area contributed by atoms with E-state index in [1.165, 1.54) is 51.7 Å². The van der Waals surface area contributed by atoms with E-state index >= 15 is 0 Å². The van der Waals surface area contributed by atoms with Crippen LogP contribution < -0.4 is 10.6 Å². The Balaban J connectivity index is 2.19. The van der Waals surface area contributed by atoms with Crippen LogP contribution in [0.25, 0.3) is 0 Å². The Morgan fingerprint density at radius 1 is 1.35 bits per heavy atom. The lowest BCUT2D eigenvalue weighted by Gasteiger charge is -2.20. The lowest BCUT2D eigenvalue weighted by molar-refractivity contribution is 0.341. The Morgan fingerprint density at radius 2 is 2.15 bits per heavy atom. The zero-order valence-corrected chi connectivity index (χ0v) is 13.9. The Labute approximate surface area is 125 Å². The van der Waals surface area contributed by atoms with Gasteiger partial charge in [-0.3, -0.25) is 4.99 Å². The van der Waals surface area contributed by atoms with E-state index in [0.717, 1.165) is 18.4 Å². The number of hydrogen-bond donors (Lipinski definition) is 2. The third-order valence-electron chi connectivity index (χ3n) is 4.22. The largest absolute Gasteiger partial charge is 0.356 e. The molecule has 0 aliphatic carbocycles. The van der Waals surface area contributed by atoms with Gasteiger partial charge in [0.25, 0.3) is 0 Å². The topological polar surface area (TPSA) is 39.7 Å². The molecule has 118 valence electrons. The molecule has 2 unspecified atom stereocenters. The van der Waals surface area contributed by atoms with Gasteiger partial charge in [-0.25, -0.2) is 0 Å². The van der Waals surface area contributed by atoms with Crippen LogP contribution in [-0.4, -0.2) is 50.1 Å². The third-order valence-corrected chi connectivity index (χ3v) is 4.22. The van der Waals surface area contributed by atoms with Crippen molar-refractivity contribution in [2.45, 2.75) is 58.9 Å². The van der Waals surface area contributed by atoms with Crippen molar-refractivity contribution < 1.29 is 0 Å². The van der Waals surface area contributed by atoms with Gasteiger partial charge < -0.3 is 15.5 Å². The summed E-state index contributed by atoms with van der Waals surface area (Å²) < 4.78 is 0. The van der Waals surface area contributed by atoms with Gasteiger partial charge in [-0.15, -0.1) is 0 Å². The summed E-state index contributed by atoms with van der Waals surface area (Å²) in [5, 5.41) is 6.99. The van der Waals surface area contributed by atoms with Gasteiger partial charge in [0.15, 0.2) is 5.96 Å². The summed E-state index contributed by atoms with van der Waals surface area (Å²) in [5.41, 5.74) is 0. The fraction of sp³-hybridized carbons (Fsp3) is 0.938. The fourth-order valence-electron chi connectivity index (χ4n) is 2.81. The molecule has 0 radical (unpaired) electrons. The summed E-state index contributed by atoms with van der Waals surface area (Å²) in [5.74, 6) is 1.73. The van der Waals surface area contributed by atoms with Crippen LogP contribution in [0.2, 0.25) is 0 Å². The predicted molar refractivity (Wildman–Crippen MR) is 88.3 cm³/mol. The number of rotatable bonds is 8. The molecule has 0 spiro atoms. The number of aliphatic imine (C=N–C) groups is 1. The van der Waals surface area contributed by atoms with Crippen molar-refractivity contribution in [2.75, 3.05) is 33.2 Å². The van der Waals surface area contributed by atoms with E-state index in [-0.39, 0.29) is 0 Å².